The van der Waals surface area contributed by atoms with E-state index in [0.717, 1.165) is 18.2 Å². The Bertz CT molecular complexity index is 1170. The van der Waals surface area contributed by atoms with Gasteiger partial charge in [0.1, 0.15) is 0 Å². The zero-order chi connectivity index (χ0) is 23.8. The maximum Gasteiger partial charge on any atom is 0.399 e. The average molecular weight is 592 g/mol. The number of rotatable bonds is 5. The van der Waals surface area contributed by atoms with Gasteiger partial charge in [0.05, 0.1) is 44.1 Å². The van der Waals surface area contributed by atoms with Crippen LogP contribution in [0.4, 0.5) is 13.2 Å². The molecule has 2 aromatic rings. The molecule has 0 spiro atoms. The highest BCUT2D eigenvalue weighted by molar-refractivity contribution is 9.10. The quantitative estimate of drug-likeness (QED) is 0.416. The molecular formula is C20H14BrCl3F3NO3S. The molecule has 1 aliphatic rings. The van der Waals surface area contributed by atoms with E-state index in [1.807, 2.05) is 0 Å². The monoisotopic (exact) mass is 589 g/mol. The largest absolute Gasteiger partial charge is 0.399 e. The maximum atomic E-state index is 13.7. The molecule has 0 saturated carbocycles. The smallest absolute Gasteiger partial charge is 0.347 e. The summed E-state index contributed by atoms with van der Waals surface area (Å²) in [6.45, 7) is 0. The Morgan fingerprint density at radius 3 is 2.22 bits per heavy atom. The van der Waals surface area contributed by atoms with Gasteiger partial charge in [0.15, 0.2) is 9.84 Å². The van der Waals surface area contributed by atoms with Crippen LogP contribution in [0.5, 0.6) is 0 Å². The maximum absolute atomic E-state index is 13.7. The van der Waals surface area contributed by atoms with E-state index in [2.05, 4.69) is 21.2 Å². The second-order valence-electron chi connectivity index (χ2n) is 7.16. The fourth-order valence-corrected chi connectivity index (χ4v) is 5.59. The molecule has 172 valence electrons. The summed E-state index contributed by atoms with van der Waals surface area (Å²) < 4.78 is 63.8. The fourth-order valence-electron chi connectivity index (χ4n) is 3.10. The molecule has 0 radical (unpaired) electrons. The van der Waals surface area contributed by atoms with Gasteiger partial charge in [0, 0.05) is 4.47 Å². The predicted octanol–water partition coefficient (Wildman–Crippen LogP) is 6.30. The standard InChI is InChI=1S/C20H14BrCl3F3NO3S/c21-15-5-10(1-3-13(15)19(29)28-12-8-32(30,31)9-12)2-4-14(20(25,26)27)11-6-16(22)18(24)17(23)7-11/h1-7,12,14H,8-9H2,(H,28,29)/b4-2+. The van der Waals surface area contributed by atoms with Crippen molar-refractivity contribution in [2.45, 2.75) is 18.1 Å². The number of carbonyl (C=O) groups is 1. The van der Waals surface area contributed by atoms with Crippen molar-refractivity contribution in [3.05, 3.63) is 72.6 Å². The van der Waals surface area contributed by atoms with Crippen LogP contribution in [0, 0.1) is 0 Å². The van der Waals surface area contributed by atoms with Crippen molar-refractivity contribution in [3.8, 4) is 0 Å². The van der Waals surface area contributed by atoms with Crippen LogP contribution in [0.25, 0.3) is 6.08 Å². The van der Waals surface area contributed by atoms with E-state index in [1.54, 1.807) is 0 Å². The Labute approximate surface area is 205 Å². The Morgan fingerprint density at radius 1 is 1.12 bits per heavy atom. The molecule has 2 aromatic carbocycles. The van der Waals surface area contributed by atoms with Crippen LogP contribution in [0.3, 0.4) is 0 Å². The predicted molar refractivity (Wildman–Crippen MR) is 123 cm³/mol. The Morgan fingerprint density at radius 2 is 1.72 bits per heavy atom. The van der Waals surface area contributed by atoms with Crippen molar-refractivity contribution in [2.75, 3.05) is 11.5 Å². The molecule has 32 heavy (non-hydrogen) atoms. The third kappa shape index (κ3) is 5.99. The molecule has 4 nitrogen and oxygen atoms in total. The first-order chi connectivity index (χ1) is 14.8. The number of carbonyl (C=O) groups excluding carboxylic acids is 1. The molecule has 1 fully saturated rings. The summed E-state index contributed by atoms with van der Waals surface area (Å²) in [4.78, 5) is 12.3. The molecule has 12 heteroatoms. The van der Waals surface area contributed by atoms with Crippen molar-refractivity contribution in [2.24, 2.45) is 0 Å². The van der Waals surface area contributed by atoms with E-state index in [4.69, 9.17) is 34.8 Å². The van der Waals surface area contributed by atoms with Gasteiger partial charge >= 0.3 is 6.18 Å². The van der Waals surface area contributed by atoms with Crippen LogP contribution in [0.2, 0.25) is 15.1 Å². The fraction of sp³-hybridized carbons (Fsp3) is 0.250. The summed E-state index contributed by atoms with van der Waals surface area (Å²) in [7, 11) is -3.09. The molecule has 0 aliphatic carbocycles. The number of allylic oxidation sites excluding steroid dienone is 1. The lowest BCUT2D eigenvalue weighted by atomic mass is 9.97. The van der Waals surface area contributed by atoms with E-state index < -0.39 is 33.9 Å². The molecule has 1 amide bonds. The highest BCUT2D eigenvalue weighted by Gasteiger charge is 2.39. The second kappa shape index (κ2) is 9.54. The Balaban J connectivity index is 1.81. The Kier molecular flexibility index (Phi) is 7.56. The number of nitrogens with one attached hydrogen (secondary N) is 1. The molecule has 1 aliphatic heterocycles. The van der Waals surface area contributed by atoms with E-state index in [9.17, 15) is 26.4 Å². The summed E-state index contributed by atoms with van der Waals surface area (Å²) in [5.74, 6) is -2.70. The van der Waals surface area contributed by atoms with Gasteiger partial charge in [-0.1, -0.05) is 53.0 Å². The highest BCUT2D eigenvalue weighted by atomic mass is 79.9. The van der Waals surface area contributed by atoms with Crippen LogP contribution in [-0.4, -0.2) is 38.0 Å². The number of amides is 1. The first-order valence-electron chi connectivity index (χ1n) is 8.97. The van der Waals surface area contributed by atoms with Gasteiger partial charge in [0.2, 0.25) is 0 Å². The summed E-state index contributed by atoms with van der Waals surface area (Å²) in [6, 6.07) is 6.17. The highest BCUT2D eigenvalue weighted by Crippen LogP contribution is 2.41. The van der Waals surface area contributed by atoms with Crippen LogP contribution < -0.4 is 5.32 Å². The molecule has 0 bridgehead atoms. The minimum Gasteiger partial charge on any atom is -0.347 e. The lowest BCUT2D eigenvalue weighted by Crippen LogP contribution is -2.52. The van der Waals surface area contributed by atoms with Gasteiger partial charge in [-0.15, -0.1) is 0 Å². The second-order valence-corrected chi connectivity index (χ2v) is 11.4. The van der Waals surface area contributed by atoms with E-state index >= 15 is 0 Å². The minimum absolute atomic E-state index is 0.0284. The molecule has 1 atom stereocenters. The first kappa shape index (κ1) is 25.4. The SMILES string of the molecule is O=C(NC1CS(=O)(=O)C1)c1ccc(/C=C/C(c2cc(Cl)c(Cl)c(Cl)c2)C(F)(F)F)cc1Br. The lowest BCUT2D eigenvalue weighted by Gasteiger charge is -2.26. The normalized spacial score (nSPS) is 17.2. The molecule has 0 aromatic heterocycles. The number of hydrogen-bond acceptors (Lipinski definition) is 3. The van der Waals surface area contributed by atoms with Gasteiger partial charge in [-0.2, -0.15) is 13.2 Å². The van der Waals surface area contributed by atoms with E-state index in [0.29, 0.717) is 10.0 Å². The minimum atomic E-state index is -4.61. The molecular weight excluding hydrogens is 578 g/mol. The zero-order valence-corrected chi connectivity index (χ0v) is 20.6. The van der Waals surface area contributed by atoms with Crippen LogP contribution in [0.1, 0.15) is 27.4 Å². The van der Waals surface area contributed by atoms with Gasteiger partial charge < -0.3 is 5.32 Å². The number of halogens is 7. The van der Waals surface area contributed by atoms with Crippen LogP contribution >= 0.6 is 50.7 Å². The topological polar surface area (TPSA) is 63.2 Å². The van der Waals surface area contributed by atoms with Crippen LogP contribution in [0.15, 0.2) is 40.9 Å². The van der Waals surface area contributed by atoms with Crippen molar-refractivity contribution in [3.63, 3.8) is 0 Å². The molecule has 1 N–H and O–H groups in total. The van der Waals surface area contributed by atoms with Crippen molar-refractivity contribution in [1.82, 2.24) is 5.32 Å². The summed E-state index contributed by atoms with van der Waals surface area (Å²) in [5.41, 5.74) is 0.466. The van der Waals surface area contributed by atoms with Crippen LogP contribution in [-0.2, 0) is 9.84 Å². The molecule has 3 rings (SSSR count). The average Bonchev–Trinajstić information content (AvgIpc) is 2.63. The number of sulfone groups is 1. The molecule has 1 unspecified atom stereocenters. The van der Waals surface area contributed by atoms with Crippen molar-refractivity contribution >= 4 is 72.6 Å². The van der Waals surface area contributed by atoms with E-state index in [1.165, 1.54) is 24.3 Å². The Hall–Kier alpha value is -1.26. The number of benzene rings is 2. The molecule has 1 heterocycles. The summed E-state index contributed by atoms with van der Waals surface area (Å²) in [5, 5.41) is 2.40. The third-order valence-electron chi connectivity index (χ3n) is 4.68. The summed E-state index contributed by atoms with van der Waals surface area (Å²) in [6.07, 6.45) is -2.40. The van der Waals surface area contributed by atoms with Crippen molar-refractivity contribution in [1.29, 1.82) is 0 Å². The van der Waals surface area contributed by atoms with Crippen molar-refractivity contribution < 1.29 is 26.4 Å². The lowest BCUT2D eigenvalue weighted by molar-refractivity contribution is -0.139. The molecule has 1 saturated heterocycles. The number of alkyl halides is 3. The third-order valence-corrected chi connectivity index (χ3v) is 8.36. The van der Waals surface area contributed by atoms with E-state index in [-0.39, 0.29) is 37.7 Å². The van der Waals surface area contributed by atoms with Gasteiger partial charge in [0.25, 0.3) is 5.91 Å². The van der Waals surface area contributed by atoms with Gasteiger partial charge in [-0.3, -0.25) is 4.79 Å². The number of hydrogen-bond donors (Lipinski definition) is 1. The zero-order valence-electron chi connectivity index (χ0n) is 15.9. The first-order valence-corrected chi connectivity index (χ1v) is 12.7. The van der Waals surface area contributed by atoms with Gasteiger partial charge in [-0.25, -0.2) is 8.42 Å². The van der Waals surface area contributed by atoms with Gasteiger partial charge in [-0.05, 0) is 51.3 Å². The summed E-state index contributed by atoms with van der Waals surface area (Å²) >= 11 is 20.8.